The molecule has 2 heterocycles. The molecule has 2 aromatic rings. The number of aryl methyl sites for hydroxylation is 1. The molecule has 0 bridgehead atoms. The maximum absolute atomic E-state index is 11.6. The van der Waals surface area contributed by atoms with Gasteiger partial charge in [-0.05, 0) is 49.0 Å². The van der Waals surface area contributed by atoms with Crippen LogP contribution in [0.5, 0.6) is 0 Å². The number of hydrogen-bond acceptors (Lipinski definition) is 3. The third-order valence-electron chi connectivity index (χ3n) is 3.04. The third kappa shape index (κ3) is 2.28. The molecule has 1 aliphatic heterocycles. The first-order valence-electron chi connectivity index (χ1n) is 6.14. The van der Waals surface area contributed by atoms with Crippen molar-refractivity contribution in [1.82, 2.24) is 9.88 Å². The van der Waals surface area contributed by atoms with E-state index >= 15 is 0 Å². The summed E-state index contributed by atoms with van der Waals surface area (Å²) in [4.78, 5) is 23.2. The van der Waals surface area contributed by atoms with E-state index in [1.807, 2.05) is 54.0 Å². The standard InChI is InChI=1S/C15H12N2O2S/c1-10-7-8-12(9-13-14(18)16-15(19)20-13)17(10)11-5-3-2-4-6-11/h2-9H,1H3,(H,16,18,19)/b13-9+. The van der Waals surface area contributed by atoms with Crippen molar-refractivity contribution in [2.45, 2.75) is 6.92 Å². The highest BCUT2D eigenvalue weighted by Crippen LogP contribution is 2.27. The van der Waals surface area contributed by atoms with Crippen LogP contribution >= 0.6 is 11.8 Å². The molecule has 1 aromatic heterocycles. The Kier molecular flexibility index (Phi) is 3.20. The summed E-state index contributed by atoms with van der Waals surface area (Å²) in [6.07, 6.45) is 1.74. The van der Waals surface area contributed by atoms with Crippen molar-refractivity contribution in [2.75, 3.05) is 0 Å². The van der Waals surface area contributed by atoms with E-state index in [-0.39, 0.29) is 11.1 Å². The number of nitrogens with one attached hydrogen (secondary N) is 1. The Hall–Kier alpha value is -2.27. The molecule has 0 unspecified atom stereocenters. The van der Waals surface area contributed by atoms with Crippen molar-refractivity contribution in [3.8, 4) is 5.69 Å². The van der Waals surface area contributed by atoms with Crippen LogP contribution in [0.1, 0.15) is 11.4 Å². The van der Waals surface area contributed by atoms with Crippen molar-refractivity contribution in [3.05, 3.63) is 58.8 Å². The minimum absolute atomic E-state index is 0.323. The molecule has 20 heavy (non-hydrogen) atoms. The van der Waals surface area contributed by atoms with Gasteiger partial charge in [0, 0.05) is 17.1 Å². The van der Waals surface area contributed by atoms with Gasteiger partial charge in [-0.1, -0.05) is 18.2 Å². The summed E-state index contributed by atoms with van der Waals surface area (Å²) in [6.45, 7) is 2.00. The number of nitrogens with zero attached hydrogens (tertiary/aromatic N) is 1. The number of rotatable bonds is 2. The predicted octanol–water partition coefficient (Wildman–Crippen LogP) is 3.11. The lowest BCUT2D eigenvalue weighted by molar-refractivity contribution is -0.115. The number of aromatic nitrogens is 1. The topological polar surface area (TPSA) is 51.1 Å². The molecule has 2 amide bonds. The lowest BCUT2D eigenvalue weighted by atomic mass is 10.3. The molecule has 1 aliphatic rings. The van der Waals surface area contributed by atoms with Gasteiger partial charge in [-0.2, -0.15) is 0 Å². The molecule has 100 valence electrons. The number of amides is 2. The highest BCUT2D eigenvalue weighted by molar-refractivity contribution is 8.18. The van der Waals surface area contributed by atoms with E-state index in [4.69, 9.17) is 0 Å². The summed E-state index contributed by atoms with van der Waals surface area (Å²) < 4.78 is 2.05. The van der Waals surface area contributed by atoms with Crippen molar-refractivity contribution >= 4 is 29.0 Å². The molecule has 0 radical (unpaired) electrons. The van der Waals surface area contributed by atoms with Gasteiger partial charge in [0.15, 0.2) is 0 Å². The van der Waals surface area contributed by atoms with Crippen LogP contribution in [0.3, 0.4) is 0 Å². The summed E-state index contributed by atoms with van der Waals surface area (Å²) in [6, 6.07) is 13.8. The monoisotopic (exact) mass is 284 g/mol. The summed E-state index contributed by atoms with van der Waals surface area (Å²) in [7, 11) is 0. The molecule has 3 rings (SSSR count). The minimum Gasteiger partial charge on any atom is -0.314 e. The average molecular weight is 284 g/mol. The summed E-state index contributed by atoms with van der Waals surface area (Å²) in [5.41, 5.74) is 2.97. The zero-order valence-electron chi connectivity index (χ0n) is 10.8. The predicted molar refractivity (Wildman–Crippen MR) is 79.6 cm³/mol. The number of imide groups is 1. The molecule has 1 aromatic carbocycles. The largest absolute Gasteiger partial charge is 0.314 e. The summed E-state index contributed by atoms with van der Waals surface area (Å²) in [5.74, 6) is -0.335. The first-order chi connectivity index (χ1) is 9.65. The van der Waals surface area contributed by atoms with Gasteiger partial charge in [0.2, 0.25) is 0 Å². The van der Waals surface area contributed by atoms with E-state index in [0.29, 0.717) is 4.91 Å². The van der Waals surface area contributed by atoms with E-state index < -0.39 is 0 Å². The Morgan fingerprint density at radius 1 is 1.10 bits per heavy atom. The number of para-hydroxylation sites is 1. The van der Waals surface area contributed by atoms with Crippen molar-refractivity contribution in [3.63, 3.8) is 0 Å². The second-order valence-corrected chi connectivity index (χ2v) is 5.44. The smallest absolute Gasteiger partial charge is 0.290 e. The Morgan fingerprint density at radius 2 is 1.85 bits per heavy atom. The van der Waals surface area contributed by atoms with Gasteiger partial charge in [-0.15, -0.1) is 0 Å². The molecule has 5 heteroatoms. The normalized spacial score (nSPS) is 16.8. The van der Waals surface area contributed by atoms with Crippen LogP contribution in [0.25, 0.3) is 11.8 Å². The molecule has 0 saturated carbocycles. The maximum Gasteiger partial charge on any atom is 0.290 e. The quantitative estimate of drug-likeness (QED) is 0.862. The highest BCUT2D eigenvalue weighted by Gasteiger charge is 2.25. The number of carbonyl (C=O) groups excluding carboxylic acids is 2. The fourth-order valence-corrected chi connectivity index (χ4v) is 2.82. The Balaban J connectivity index is 2.06. The lowest BCUT2D eigenvalue weighted by Crippen LogP contribution is -2.17. The minimum atomic E-state index is -0.335. The Bertz CT molecular complexity index is 717. The molecule has 1 N–H and O–H groups in total. The van der Waals surface area contributed by atoms with E-state index in [9.17, 15) is 9.59 Å². The van der Waals surface area contributed by atoms with Crippen LogP contribution in [0.2, 0.25) is 0 Å². The molecule has 4 nitrogen and oxygen atoms in total. The van der Waals surface area contributed by atoms with Crippen LogP contribution in [0.4, 0.5) is 4.79 Å². The third-order valence-corrected chi connectivity index (χ3v) is 3.85. The maximum atomic E-state index is 11.6. The number of carbonyl (C=O) groups is 2. The van der Waals surface area contributed by atoms with Gasteiger partial charge in [0.25, 0.3) is 11.1 Å². The van der Waals surface area contributed by atoms with Crippen LogP contribution in [-0.2, 0) is 4.79 Å². The van der Waals surface area contributed by atoms with E-state index in [0.717, 1.165) is 28.8 Å². The van der Waals surface area contributed by atoms with Crippen LogP contribution in [0.15, 0.2) is 47.4 Å². The lowest BCUT2D eigenvalue weighted by Gasteiger charge is -2.09. The fourth-order valence-electron chi connectivity index (χ4n) is 2.16. The van der Waals surface area contributed by atoms with E-state index in [1.165, 1.54) is 0 Å². The Labute approximate surface area is 120 Å². The van der Waals surface area contributed by atoms with Crippen molar-refractivity contribution < 1.29 is 9.59 Å². The van der Waals surface area contributed by atoms with Gasteiger partial charge in [-0.25, -0.2) is 0 Å². The fraction of sp³-hybridized carbons (Fsp3) is 0.0667. The molecule has 0 aliphatic carbocycles. The van der Waals surface area contributed by atoms with Crippen LogP contribution in [-0.4, -0.2) is 15.7 Å². The van der Waals surface area contributed by atoms with Crippen LogP contribution in [0, 0.1) is 6.92 Å². The number of hydrogen-bond donors (Lipinski definition) is 1. The Morgan fingerprint density at radius 3 is 2.50 bits per heavy atom. The van der Waals surface area contributed by atoms with Crippen molar-refractivity contribution in [1.29, 1.82) is 0 Å². The highest BCUT2D eigenvalue weighted by atomic mass is 32.2. The van der Waals surface area contributed by atoms with E-state index in [1.54, 1.807) is 6.08 Å². The molecule has 0 atom stereocenters. The molecular weight excluding hydrogens is 272 g/mol. The second kappa shape index (κ2) is 5.02. The number of benzene rings is 1. The molecule has 0 spiro atoms. The second-order valence-electron chi connectivity index (χ2n) is 4.42. The SMILES string of the molecule is Cc1ccc(/C=C2/SC(=O)NC2=O)n1-c1ccccc1. The summed E-state index contributed by atoms with van der Waals surface area (Å²) >= 11 is 0.930. The van der Waals surface area contributed by atoms with Gasteiger partial charge < -0.3 is 4.57 Å². The number of thioether (sulfide) groups is 1. The summed E-state index contributed by atoms with van der Waals surface area (Å²) in [5, 5.41) is 1.94. The molecule has 1 fully saturated rings. The zero-order chi connectivity index (χ0) is 14.1. The van der Waals surface area contributed by atoms with E-state index in [2.05, 4.69) is 5.32 Å². The zero-order valence-corrected chi connectivity index (χ0v) is 11.6. The van der Waals surface area contributed by atoms with Gasteiger partial charge in [0.1, 0.15) is 0 Å². The molecular formula is C15H12N2O2S. The average Bonchev–Trinajstić information content (AvgIpc) is 2.94. The first-order valence-corrected chi connectivity index (χ1v) is 6.95. The van der Waals surface area contributed by atoms with Gasteiger partial charge >= 0.3 is 0 Å². The first kappa shape index (κ1) is 12.7. The van der Waals surface area contributed by atoms with Gasteiger partial charge in [0.05, 0.1) is 4.91 Å². The molecule has 1 saturated heterocycles. The van der Waals surface area contributed by atoms with Crippen molar-refractivity contribution in [2.24, 2.45) is 0 Å². The van der Waals surface area contributed by atoms with Crippen LogP contribution < -0.4 is 5.32 Å². The van der Waals surface area contributed by atoms with Gasteiger partial charge in [-0.3, -0.25) is 14.9 Å².